The van der Waals surface area contributed by atoms with Crippen LogP contribution in [0.15, 0.2) is 54.6 Å². The van der Waals surface area contributed by atoms with E-state index in [0.717, 1.165) is 43.7 Å². The van der Waals surface area contributed by atoms with Gasteiger partial charge in [0.15, 0.2) is 17.3 Å². The molecular formula is C26H28O4S. The average Bonchev–Trinajstić information content (AvgIpc) is 3.11. The smallest absolute Gasteiger partial charge is 0.186 e. The number of aryl methyl sites for hydroxylation is 2. The maximum Gasteiger partial charge on any atom is 0.186 e. The van der Waals surface area contributed by atoms with Gasteiger partial charge in [-0.3, -0.25) is 4.79 Å². The molecule has 3 rings (SSSR count). The van der Waals surface area contributed by atoms with E-state index in [1.807, 2.05) is 82.3 Å². The van der Waals surface area contributed by atoms with Crippen LogP contribution in [0.2, 0.25) is 0 Å². The Morgan fingerprint density at radius 1 is 0.903 bits per heavy atom. The molecule has 0 N–H and O–H groups in total. The van der Waals surface area contributed by atoms with Gasteiger partial charge in [0, 0.05) is 15.3 Å². The molecular weight excluding hydrogens is 408 g/mol. The van der Waals surface area contributed by atoms with Crippen LogP contribution in [0.5, 0.6) is 17.2 Å². The minimum atomic E-state index is 0.0304. The summed E-state index contributed by atoms with van der Waals surface area (Å²) in [5.41, 5.74) is 2.73. The van der Waals surface area contributed by atoms with Crippen molar-refractivity contribution in [3.8, 4) is 17.2 Å². The SMILES string of the molecule is CCOc1ccc(COc2ccc(/C=C/C(=O)c3cc(C)sc3C)cc2)cc1OCC. The summed E-state index contributed by atoms with van der Waals surface area (Å²) in [5, 5.41) is 0. The molecule has 3 aromatic rings. The largest absolute Gasteiger partial charge is 0.490 e. The summed E-state index contributed by atoms with van der Waals surface area (Å²) < 4.78 is 17.2. The van der Waals surface area contributed by atoms with E-state index < -0.39 is 0 Å². The summed E-state index contributed by atoms with van der Waals surface area (Å²) in [4.78, 5) is 14.6. The molecule has 5 heteroatoms. The van der Waals surface area contributed by atoms with Crippen LogP contribution in [0.4, 0.5) is 0 Å². The molecule has 4 nitrogen and oxygen atoms in total. The van der Waals surface area contributed by atoms with Gasteiger partial charge in [-0.05, 0) is 75.2 Å². The van der Waals surface area contributed by atoms with Crippen molar-refractivity contribution in [3.63, 3.8) is 0 Å². The number of carbonyl (C=O) groups excluding carboxylic acids is 1. The first-order chi connectivity index (χ1) is 15.0. The molecule has 1 heterocycles. The number of ether oxygens (including phenoxy) is 3. The molecule has 0 amide bonds. The van der Waals surface area contributed by atoms with Gasteiger partial charge in [-0.2, -0.15) is 0 Å². The van der Waals surface area contributed by atoms with Crippen molar-refractivity contribution >= 4 is 23.2 Å². The third-order valence-corrected chi connectivity index (χ3v) is 5.59. The van der Waals surface area contributed by atoms with Crippen LogP contribution in [0.1, 0.15) is 45.1 Å². The van der Waals surface area contributed by atoms with Gasteiger partial charge >= 0.3 is 0 Å². The quantitative estimate of drug-likeness (QED) is 0.264. The Morgan fingerprint density at radius 2 is 1.61 bits per heavy atom. The lowest BCUT2D eigenvalue weighted by Crippen LogP contribution is -2.01. The second-order valence-electron chi connectivity index (χ2n) is 7.03. The normalized spacial score (nSPS) is 11.0. The molecule has 0 unspecified atom stereocenters. The summed E-state index contributed by atoms with van der Waals surface area (Å²) in [7, 11) is 0. The Hall–Kier alpha value is -3.05. The van der Waals surface area contributed by atoms with E-state index in [9.17, 15) is 4.79 Å². The van der Waals surface area contributed by atoms with Gasteiger partial charge in [-0.1, -0.05) is 24.3 Å². The summed E-state index contributed by atoms with van der Waals surface area (Å²) in [5.74, 6) is 2.26. The number of benzene rings is 2. The topological polar surface area (TPSA) is 44.8 Å². The predicted octanol–water partition coefficient (Wildman–Crippen LogP) is 6.64. The van der Waals surface area contributed by atoms with Gasteiger partial charge in [0.2, 0.25) is 0 Å². The Kier molecular flexibility index (Phi) is 7.90. The zero-order valence-electron chi connectivity index (χ0n) is 18.4. The lowest BCUT2D eigenvalue weighted by Gasteiger charge is -2.13. The van der Waals surface area contributed by atoms with Gasteiger partial charge in [-0.15, -0.1) is 11.3 Å². The van der Waals surface area contributed by atoms with Crippen LogP contribution in [0.25, 0.3) is 6.08 Å². The number of thiophene rings is 1. The first-order valence-corrected chi connectivity index (χ1v) is 11.2. The highest BCUT2D eigenvalue weighted by Gasteiger charge is 2.09. The molecule has 0 atom stereocenters. The van der Waals surface area contributed by atoms with E-state index in [1.165, 1.54) is 0 Å². The monoisotopic (exact) mass is 436 g/mol. The van der Waals surface area contributed by atoms with E-state index in [-0.39, 0.29) is 5.78 Å². The van der Waals surface area contributed by atoms with Crippen molar-refractivity contribution in [2.75, 3.05) is 13.2 Å². The highest BCUT2D eigenvalue weighted by molar-refractivity contribution is 7.12. The molecule has 2 aromatic carbocycles. The number of carbonyl (C=O) groups is 1. The van der Waals surface area contributed by atoms with E-state index in [1.54, 1.807) is 17.4 Å². The van der Waals surface area contributed by atoms with Gasteiger partial charge in [0.25, 0.3) is 0 Å². The predicted molar refractivity (Wildman–Crippen MR) is 127 cm³/mol. The summed E-state index contributed by atoms with van der Waals surface area (Å²) in [6, 6.07) is 15.5. The lowest BCUT2D eigenvalue weighted by atomic mass is 10.1. The minimum Gasteiger partial charge on any atom is -0.490 e. The molecule has 0 aliphatic heterocycles. The summed E-state index contributed by atoms with van der Waals surface area (Å²) >= 11 is 1.65. The molecule has 31 heavy (non-hydrogen) atoms. The maximum atomic E-state index is 12.4. The molecule has 0 radical (unpaired) electrons. The fourth-order valence-electron chi connectivity index (χ4n) is 3.16. The summed E-state index contributed by atoms with van der Waals surface area (Å²) in [6.45, 7) is 9.49. The number of ketones is 1. The van der Waals surface area contributed by atoms with Gasteiger partial charge in [0.1, 0.15) is 12.4 Å². The molecule has 0 spiro atoms. The second kappa shape index (κ2) is 10.8. The van der Waals surface area contributed by atoms with Crippen LogP contribution >= 0.6 is 11.3 Å². The third kappa shape index (κ3) is 6.22. The molecule has 0 saturated heterocycles. The first kappa shape index (κ1) is 22.6. The number of hydrogen-bond acceptors (Lipinski definition) is 5. The molecule has 0 fully saturated rings. The zero-order valence-corrected chi connectivity index (χ0v) is 19.3. The van der Waals surface area contributed by atoms with Crippen LogP contribution in [-0.4, -0.2) is 19.0 Å². The van der Waals surface area contributed by atoms with Crippen molar-refractivity contribution in [1.29, 1.82) is 0 Å². The molecule has 0 aliphatic carbocycles. The Bertz CT molecular complexity index is 1050. The highest BCUT2D eigenvalue weighted by atomic mass is 32.1. The first-order valence-electron chi connectivity index (χ1n) is 10.4. The number of rotatable bonds is 10. The minimum absolute atomic E-state index is 0.0304. The van der Waals surface area contributed by atoms with Crippen LogP contribution in [0.3, 0.4) is 0 Å². The van der Waals surface area contributed by atoms with Crippen LogP contribution in [0, 0.1) is 13.8 Å². The molecule has 162 valence electrons. The number of allylic oxidation sites excluding steroid dienone is 1. The van der Waals surface area contributed by atoms with Crippen molar-refractivity contribution < 1.29 is 19.0 Å². The van der Waals surface area contributed by atoms with Gasteiger partial charge in [-0.25, -0.2) is 0 Å². The molecule has 0 aliphatic rings. The van der Waals surface area contributed by atoms with E-state index in [2.05, 4.69) is 0 Å². The van der Waals surface area contributed by atoms with Crippen molar-refractivity contribution in [2.45, 2.75) is 34.3 Å². The maximum absolute atomic E-state index is 12.4. The zero-order chi connectivity index (χ0) is 22.2. The highest BCUT2D eigenvalue weighted by Crippen LogP contribution is 2.29. The van der Waals surface area contributed by atoms with Crippen LogP contribution < -0.4 is 14.2 Å². The Morgan fingerprint density at radius 3 is 2.26 bits per heavy atom. The summed E-state index contributed by atoms with van der Waals surface area (Å²) in [6.07, 6.45) is 3.46. The van der Waals surface area contributed by atoms with Gasteiger partial charge in [0.05, 0.1) is 13.2 Å². The van der Waals surface area contributed by atoms with Crippen molar-refractivity contribution in [2.24, 2.45) is 0 Å². The Balaban J connectivity index is 1.60. The standard InChI is InChI=1S/C26H28O4S/c1-5-28-25-14-10-21(16-26(25)29-6-2)17-30-22-11-7-20(8-12-22)9-13-24(27)23-15-18(3)31-19(23)4/h7-16H,5-6,17H2,1-4H3/b13-9+. The molecule has 0 bridgehead atoms. The fourth-order valence-corrected chi connectivity index (χ4v) is 4.09. The van der Waals surface area contributed by atoms with Crippen molar-refractivity contribution in [3.05, 3.63) is 81.1 Å². The van der Waals surface area contributed by atoms with E-state index in [4.69, 9.17) is 14.2 Å². The van der Waals surface area contributed by atoms with Gasteiger partial charge < -0.3 is 14.2 Å². The van der Waals surface area contributed by atoms with E-state index in [0.29, 0.717) is 19.8 Å². The number of hydrogen-bond donors (Lipinski definition) is 0. The average molecular weight is 437 g/mol. The lowest BCUT2D eigenvalue weighted by molar-refractivity contribution is 0.104. The second-order valence-corrected chi connectivity index (χ2v) is 8.49. The van der Waals surface area contributed by atoms with Crippen LogP contribution in [-0.2, 0) is 6.61 Å². The van der Waals surface area contributed by atoms with E-state index >= 15 is 0 Å². The third-order valence-electron chi connectivity index (χ3n) is 4.63. The Labute approximate surface area is 188 Å². The van der Waals surface area contributed by atoms with Crippen molar-refractivity contribution in [1.82, 2.24) is 0 Å². The molecule has 0 saturated carbocycles. The fraction of sp³-hybridized carbons (Fsp3) is 0.269. The molecule has 1 aromatic heterocycles.